The summed E-state index contributed by atoms with van der Waals surface area (Å²) < 4.78 is 5.23. The van der Waals surface area contributed by atoms with Gasteiger partial charge in [0, 0.05) is 23.6 Å². The minimum absolute atomic E-state index is 0.675. The lowest BCUT2D eigenvalue weighted by Gasteiger charge is -2.04. The van der Waals surface area contributed by atoms with Crippen LogP contribution in [0.4, 0.5) is 5.69 Å². The topological polar surface area (TPSA) is 66.7 Å². The first-order valence-corrected chi connectivity index (χ1v) is 5.63. The van der Waals surface area contributed by atoms with E-state index in [2.05, 4.69) is 20.3 Å². The lowest BCUT2D eigenvalue weighted by molar-refractivity contribution is 0.572. The van der Waals surface area contributed by atoms with Crippen LogP contribution in [0.5, 0.6) is 0 Å². The molecule has 0 aliphatic heterocycles. The number of anilines is 1. The Morgan fingerprint density at radius 3 is 2.78 bits per heavy atom. The van der Waals surface area contributed by atoms with Crippen LogP contribution in [0.15, 0.2) is 53.7 Å². The van der Waals surface area contributed by atoms with Gasteiger partial charge in [-0.3, -0.25) is 0 Å². The summed E-state index contributed by atoms with van der Waals surface area (Å²) in [5, 5.41) is 3.28. The molecule has 2 heterocycles. The molecule has 90 valence electrons. The van der Waals surface area contributed by atoms with Gasteiger partial charge in [0.15, 0.2) is 12.2 Å². The second-order valence-electron chi connectivity index (χ2n) is 3.83. The minimum atomic E-state index is 0.675. The van der Waals surface area contributed by atoms with E-state index in [1.54, 1.807) is 12.4 Å². The molecule has 0 fully saturated rings. The van der Waals surface area contributed by atoms with Crippen molar-refractivity contribution < 1.29 is 4.42 Å². The fraction of sp³-hybridized carbons (Fsp3) is 0.0769. The molecule has 3 aromatic rings. The molecule has 0 saturated heterocycles. The van der Waals surface area contributed by atoms with E-state index in [0.29, 0.717) is 6.54 Å². The maximum atomic E-state index is 5.23. The Morgan fingerprint density at radius 1 is 1.22 bits per heavy atom. The van der Waals surface area contributed by atoms with Gasteiger partial charge in [-0.05, 0) is 24.3 Å². The molecule has 0 atom stereocenters. The van der Waals surface area contributed by atoms with Crippen LogP contribution in [0.25, 0.3) is 11.3 Å². The summed E-state index contributed by atoms with van der Waals surface area (Å²) in [7, 11) is 0. The number of benzene rings is 1. The lowest BCUT2D eigenvalue weighted by atomic mass is 10.2. The third-order valence-corrected chi connectivity index (χ3v) is 2.62. The molecule has 0 spiro atoms. The van der Waals surface area contributed by atoms with Crippen LogP contribution in [0.2, 0.25) is 0 Å². The number of hydrogen-bond acceptors (Lipinski definition) is 4. The molecule has 0 bridgehead atoms. The maximum absolute atomic E-state index is 5.23. The Labute approximate surface area is 104 Å². The standard InChI is InChI=1S/C13H12N4O/c1-3-11(17-8-13-15-5-6-16-13)4-2-10(1)12-7-14-9-18-12/h1-7,9,17H,8H2,(H,15,16). The number of rotatable bonds is 4. The molecule has 0 amide bonds. The van der Waals surface area contributed by atoms with E-state index in [-0.39, 0.29) is 0 Å². The number of aromatic amines is 1. The van der Waals surface area contributed by atoms with Crippen LogP contribution >= 0.6 is 0 Å². The van der Waals surface area contributed by atoms with Crippen LogP contribution in [0, 0.1) is 0 Å². The fourth-order valence-electron chi connectivity index (χ4n) is 1.69. The molecule has 0 aliphatic rings. The molecule has 5 heteroatoms. The zero-order valence-electron chi connectivity index (χ0n) is 9.63. The van der Waals surface area contributed by atoms with Gasteiger partial charge < -0.3 is 14.7 Å². The van der Waals surface area contributed by atoms with Gasteiger partial charge in [0.2, 0.25) is 0 Å². The molecular weight excluding hydrogens is 228 g/mol. The normalized spacial score (nSPS) is 10.4. The number of nitrogens with zero attached hydrogens (tertiary/aromatic N) is 2. The number of nitrogens with one attached hydrogen (secondary N) is 2. The van der Waals surface area contributed by atoms with Crippen molar-refractivity contribution in [2.24, 2.45) is 0 Å². The monoisotopic (exact) mass is 240 g/mol. The van der Waals surface area contributed by atoms with Crippen molar-refractivity contribution in [2.75, 3.05) is 5.32 Å². The van der Waals surface area contributed by atoms with Crippen LogP contribution < -0.4 is 5.32 Å². The van der Waals surface area contributed by atoms with E-state index >= 15 is 0 Å². The summed E-state index contributed by atoms with van der Waals surface area (Å²) in [5.41, 5.74) is 2.05. The summed E-state index contributed by atoms with van der Waals surface area (Å²) in [4.78, 5) is 11.1. The highest BCUT2D eigenvalue weighted by Gasteiger charge is 2.01. The predicted molar refractivity (Wildman–Crippen MR) is 67.9 cm³/mol. The molecular formula is C13H12N4O. The van der Waals surface area contributed by atoms with E-state index in [4.69, 9.17) is 4.42 Å². The first-order chi connectivity index (χ1) is 8.92. The summed E-state index contributed by atoms with van der Waals surface area (Å²) in [6, 6.07) is 7.98. The number of H-pyrrole nitrogens is 1. The van der Waals surface area contributed by atoms with Crippen molar-refractivity contribution in [3.63, 3.8) is 0 Å². The highest BCUT2D eigenvalue weighted by molar-refractivity contribution is 5.60. The molecule has 0 aliphatic carbocycles. The first kappa shape index (κ1) is 10.6. The number of imidazole rings is 1. The zero-order valence-corrected chi connectivity index (χ0v) is 9.63. The highest BCUT2D eigenvalue weighted by Crippen LogP contribution is 2.20. The van der Waals surface area contributed by atoms with Crippen molar-refractivity contribution in [2.45, 2.75) is 6.54 Å². The van der Waals surface area contributed by atoms with Crippen molar-refractivity contribution in [1.82, 2.24) is 15.0 Å². The SMILES string of the molecule is c1c[nH]c(CNc2ccc(-c3cnco3)cc2)n1. The fourth-order valence-corrected chi connectivity index (χ4v) is 1.69. The molecule has 2 N–H and O–H groups in total. The second kappa shape index (κ2) is 4.75. The number of hydrogen-bond donors (Lipinski definition) is 2. The third kappa shape index (κ3) is 2.24. The van der Waals surface area contributed by atoms with Crippen LogP contribution in [0.1, 0.15) is 5.82 Å². The Morgan fingerprint density at radius 2 is 2.11 bits per heavy atom. The Hall–Kier alpha value is -2.56. The van der Waals surface area contributed by atoms with E-state index in [0.717, 1.165) is 22.8 Å². The molecule has 0 radical (unpaired) electrons. The molecule has 0 unspecified atom stereocenters. The van der Waals surface area contributed by atoms with Crippen molar-refractivity contribution in [3.05, 3.63) is 55.1 Å². The molecule has 5 nitrogen and oxygen atoms in total. The number of aromatic nitrogens is 3. The van der Waals surface area contributed by atoms with Gasteiger partial charge in [0.05, 0.1) is 12.7 Å². The summed E-state index contributed by atoms with van der Waals surface area (Å²) >= 11 is 0. The molecule has 18 heavy (non-hydrogen) atoms. The molecule has 0 saturated carbocycles. The predicted octanol–water partition coefficient (Wildman–Crippen LogP) is 2.68. The van der Waals surface area contributed by atoms with Gasteiger partial charge in [-0.1, -0.05) is 0 Å². The first-order valence-electron chi connectivity index (χ1n) is 5.63. The quantitative estimate of drug-likeness (QED) is 0.735. The maximum Gasteiger partial charge on any atom is 0.181 e. The summed E-state index contributed by atoms with van der Waals surface area (Å²) in [6.07, 6.45) is 6.68. The Balaban J connectivity index is 1.68. The summed E-state index contributed by atoms with van der Waals surface area (Å²) in [6.45, 7) is 0.675. The average molecular weight is 240 g/mol. The van der Waals surface area contributed by atoms with Gasteiger partial charge in [0.1, 0.15) is 5.82 Å². The van der Waals surface area contributed by atoms with Gasteiger partial charge in [0.25, 0.3) is 0 Å². The zero-order chi connectivity index (χ0) is 12.2. The van der Waals surface area contributed by atoms with Crippen molar-refractivity contribution in [3.8, 4) is 11.3 Å². The Bertz CT molecular complexity index is 584. The van der Waals surface area contributed by atoms with Gasteiger partial charge in [-0.2, -0.15) is 0 Å². The van der Waals surface area contributed by atoms with Crippen LogP contribution in [0.3, 0.4) is 0 Å². The smallest absolute Gasteiger partial charge is 0.181 e. The number of oxazole rings is 1. The van der Waals surface area contributed by atoms with Crippen molar-refractivity contribution in [1.29, 1.82) is 0 Å². The Kier molecular flexibility index (Phi) is 2.79. The second-order valence-corrected chi connectivity index (χ2v) is 3.83. The highest BCUT2D eigenvalue weighted by atomic mass is 16.3. The van der Waals surface area contributed by atoms with Gasteiger partial charge in [-0.15, -0.1) is 0 Å². The average Bonchev–Trinajstić information content (AvgIpc) is 3.10. The lowest BCUT2D eigenvalue weighted by Crippen LogP contribution is -2.00. The van der Waals surface area contributed by atoms with E-state index in [1.165, 1.54) is 6.39 Å². The largest absolute Gasteiger partial charge is 0.444 e. The van der Waals surface area contributed by atoms with E-state index in [1.807, 2.05) is 30.5 Å². The van der Waals surface area contributed by atoms with Crippen LogP contribution in [-0.2, 0) is 6.54 Å². The molecule has 2 aromatic heterocycles. The third-order valence-electron chi connectivity index (χ3n) is 2.62. The van der Waals surface area contributed by atoms with Gasteiger partial charge in [-0.25, -0.2) is 9.97 Å². The van der Waals surface area contributed by atoms with E-state index < -0.39 is 0 Å². The van der Waals surface area contributed by atoms with Crippen LogP contribution in [-0.4, -0.2) is 15.0 Å². The molecule has 1 aromatic carbocycles. The summed E-state index contributed by atoms with van der Waals surface area (Å²) in [5.74, 6) is 1.68. The molecule has 3 rings (SSSR count). The van der Waals surface area contributed by atoms with Gasteiger partial charge >= 0.3 is 0 Å². The van der Waals surface area contributed by atoms with Crippen molar-refractivity contribution >= 4 is 5.69 Å². The minimum Gasteiger partial charge on any atom is -0.444 e. The van der Waals surface area contributed by atoms with E-state index in [9.17, 15) is 0 Å².